The van der Waals surface area contributed by atoms with Gasteiger partial charge in [-0.05, 0) is 6.07 Å². The third-order valence-electron chi connectivity index (χ3n) is 1.61. The summed E-state index contributed by atoms with van der Waals surface area (Å²) >= 11 is 0. The highest BCUT2D eigenvalue weighted by Crippen LogP contribution is 2.22. The van der Waals surface area contributed by atoms with Gasteiger partial charge < -0.3 is 10.5 Å². The van der Waals surface area contributed by atoms with Crippen molar-refractivity contribution in [2.75, 3.05) is 7.11 Å². The molecule has 0 fully saturated rings. The van der Waals surface area contributed by atoms with E-state index in [9.17, 15) is 0 Å². The molecule has 0 aliphatic carbocycles. The number of hydrogen-bond donors (Lipinski definition) is 1. The van der Waals surface area contributed by atoms with Crippen LogP contribution in [-0.4, -0.2) is 7.11 Å². The second-order valence-electron chi connectivity index (χ2n) is 2.35. The van der Waals surface area contributed by atoms with Gasteiger partial charge in [-0.3, -0.25) is 0 Å². The fraction of sp³-hybridized carbons (Fsp3) is 0.222. The van der Waals surface area contributed by atoms with Crippen LogP contribution in [0.1, 0.15) is 11.6 Å². The molecule has 1 aromatic carbocycles. The van der Waals surface area contributed by atoms with Gasteiger partial charge >= 0.3 is 0 Å². The summed E-state index contributed by atoms with van der Waals surface area (Å²) in [5.74, 6) is 0.659. The minimum Gasteiger partial charge on any atom is -0.496 e. The van der Waals surface area contributed by atoms with E-state index in [1.165, 1.54) is 0 Å². The van der Waals surface area contributed by atoms with Gasteiger partial charge in [-0.1, -0.05) is 18.2 Å². The number of rotatable bonds is 2. The first-order valence-corrected chi connectivity index (χ1v) is 3.57. The Hall–Kier alpha value is -1.53. The molecule has 12 heavy (non-hydrogen) atoms. The molecular formula is C9H10N2O. The topological polar surface area (TPSA) is 59.0 Å². The highest BCUT2D eigenvalue weighted by molar-refractivity contribution is 5.38. The first-order valence-electron chi connectivity index (χ1n) is 3.57. The molecule has 1 rings (SSSR count). The van der Waals surface area contributed by atoms with Crippen molar-refractivity contribution >= 4 is 0 Å². The quantitative estimate of drug-likeness (QED) is 0.711. The van der Waals surface area contributed by atoms with Crippen molar-refractivity contribution in [1.29, 1.82) is 5.26 Å². The highest BCUT2D eigenvalue weighted by atomic mass is 16.5. The van der Waals surface area contributed by atoms with Crippen LogP contribution < -0.4 is 10.5 Å². The van der Waals surface area contributed by atoms with E-state index in [0.29, 0.717) is 5.75 Å². The SMILES string of the molecule is COc1ccccc1[C@@H](N)C#N. The van der Waals surface area contributed by atoms with Gasteiger partial charge in [0, 0.05) is 5.56 Å². The van der Waals surface area contributed by atoms with Crippen LogP contribution in [0.5, 0.6) is 5.75 Å². The average molecular weight is 162 g/mol. The van der Waals surface area contributed by atoms with Crippen LogP contribution in [0, 0.1) is 11.3 Å². The summed E-state index contributed by atoms with van der Waals surface area (Å²) in [5, 5.41) is 8.58. The number of hydrogen-bond acceptors (Lipinski definition) is 3. The molecule has 0 aliphatic heterocycles. The third-order valence-corrected chi connectivity index (χ3v) is 1.61. The second kappa shape index (κ2) is 3.74. The standard InChI is InChI=1S/C9H10N2O/c1-12-9-5-3-2-4-7(9)8(11)6-10/h2-5,8H,11H2,1H3/t8-/m0/s1. The van der Waals surface area contributed by atoms with Crippen molar-refractivity contribution in [3.8, 4) is 11.8 Å². The van der Waals surface area contributed by atoms with Crippen molar-refractivity contribution in [2.45, 2.75) is 6.04 Å². The van der Waals surface area contributed by atoms with Gasteiger partial charge in [-0.25, -0.2) is 0 Å². The third kappa shape index (κ3) is 1.55. The van der Waals surface area contributed by atoms with Crippen molar-refractivity contribution in [1.82, 2.24) is 0 Å². The molecule has 0 aromatic heterocycles. The zero-order chi connectivity index (χ0) is 8.97. The molecule has 0 aliphatic rings. The largest absolute Gasteiger partial charge is 0.496 e. The monoisotopic (exact) mass is 162 g/mol. The number of nitriles is 1. The summed E-state index contributed by atoms with van der Waals surface area (Å²) in [6.45, 7) is 0. The Morgan fingerprint density at radius 3 is 2.75 bits per heavy atom. The highest BCUT2D eigenvalue weighted by Gasteiger charge is 2.08. The summed E-state index contributed by atoms with van der Waals surface area (Å²) in [7, 11) is 1.56. The van der Waals surface area contributed by atoms with Crippen molar-refractivity contribution < 1.29 is 4.74 Å². The Bertz CT molecular complexity index is 304. The van der Waals surface area contributed by atoms with E-state index in [2.05, 4.69) is 0 Å². The van der Waals surface area contributed by atoms with Gasteiger partial charge in [-0.2, -0.15) is 5.26 Å². The fourth-order valence-electron chi connectivity index (χ4n) is 0.993. The van der Waals surface area contributed by atoms with Crippen LogP contribution in [-0.2, 0) is 0 Å². The lowest BCUT2D eigenvalue weighted by molar-refractivity contribution is 0.408. The molecule has 0 saturated heterocycles. The lowest BCUT2D eigenvalue weighted by atomic mass is 10.1. The van der Waals surface area contributed by atoms with E-state index in [1.54, 1.807) is 19.2 Å². The predicted molar refractivity (Wildman–Crippen MR) is 45.5 cm³/mol. The Balaban J connectivity index is 3.06. The van der Waals surface area contributed by atoms with E-state index in [-0.39, 0.29) is 0 Å². The number of ether oxygens (including phenoxy) is 1. The van der Waals surface area contributed by atoms with E-state index < -0.39 is 6.04 Å². The lowest BCUT2D eigenvalue weighted by Crippen LogP contribution is -2.08. The van der Waals surface area contributed by atoms with E-state index in [4.69, 9.17) is 15.7 Å². The molecule has 0 bridgehead atoms. The van der Waals surface area contributed by atoms with Gasteiger partial charge in [0.05, 0.1) is 13.2 Å². The summed E-state index contributed by atoms with van der Waals surface area (Å²) < 4.78 is 5.04. The van der Waals surface area contributed by atoms with Crippen LogP contribution in [0.2, 0.25) is 0 Å². The minimum absolute atomic E-state index is 0.610. The summed E-state index contributed by atoms with van der Waals surface area (Å²) in [5.41, 5.74) is 6.25. The van der Waals surface area contributed by atoms with E-state index in [0.717, 1.165) is 5.56 Å². The van der Waals surface area contributed by atoms with Crippen LogP contribution >= 0.6 is 0 Å². The molecule has 0 radical (unpaired) electrons. The molecule has 0 heterocycles. The molecule has 3 nitrogen and oxygen atoms in total. The average Bonchev–Trinajstić information content (AvgIpc) is 2.16. The zero-order valence-corrected chi connectivity index (χ0v) is 6.82. The maximum Gasteiger partial charge on any atom is 0.124 e. The number of methoxy groups -OCH3 is 1. The Morgan fingerprint density at radius 1 is 1.50 bits per heavy atom. The van der Waals surface area contributed by atoms with Gasteiger partial charge in [0.15, 0.2) is 0 Å². The van der Waals surface area contributed by atoms with E-state index >= 15 is 0 Å². The molecule has 1 aromatic rings. The van der Waals surface area contributed by atoms with Gasteiger partial charge in [-0.15, -0.1) is 0 Å². The van der Waals surface area contributed by atoms with Gasteiger partial charge in [0.1, 0.15) is 11.8 Å². The lowest BCUT2D eigenvalue weighted by Gasteiger charge is -2.08. The molecule has 0 spiro atoms. The van der Waals surface area contributed by atoms with Crippen molar-refractivity contribution in [3.05, 3.63) is 29.8 Å². The number of nitrogens with two attached hydrogens (primary N) is 1. The van der Waals surface area contributed by atoms with Crippen molar-refractivity contribution in [3.63, 3.8) is 0 Å². The van der Waals surface area contributed by atoms with Gasteiger partial charge in [0.25, 0.3) is 0 Å². The first kappa shape index (κ1) is 8.57. The zero-order valence-electron chi connectivity index (χ0n) is 6.82. The summed E-state index contributed by atoms with van der Waals surface area (Å²) in [6, 6.07) is 8.58. The maximum absolute atomic E-state index is 8.58. The normalized spacial score (nSPS) is 11.8. The van der Waals surface area contributed by atoms with Crippen LogP contribution in [0.3, 0.4) is 0 Å². The molecule has 0 unspecified atom stereocenters. The Morgan fingerprint density at radius 2 is 2.17 bits per heavy atom. The molecule has 3 heteroatoms. The summed E-state index contributed by atoms with van der Waals surface area (Å²) in [6.07, 6.45) is 0. The minimum atomic E-state index is -0.610. The molecule has 1 atom stereocenters. The fourth-order valence-corrected chi connectivity index (χ4v) is 0.993. The predicted octanol–water partition coefficient (Wildman–Crippen LogP) is 1.22. The number of para-hydroxylation sites is 1. The number of nitrogens with zero attached hydrogens (tertiary/aromatic N) is 1. The Kier molecular flexibility index (Phi) is 2.67. The second-order valence-corrected chi connectivity index (χ2v) is 2.35. The maximum atomic E-state index is 8.58. The Labute approximate surface area is 71.4 Å². The van der Waals surface area contributed by atoms with Crippen LogP contribution in [0.25, 0.3) is 0 Å². The molecule has 62 valence electrons. The van der Waals surface area contributed by atoms with E-state index in [1.807, 2.05) is 18.2 Å². The molecule has 0 amide bonds. The first-order chi connectivity index (χ1) is 5.79. The summed E-state index contributed by atoms with van der Waals surface area (Å²) in [4.78, 5) is 0. The van der Waals surface area contributed by atoms with Crippen LogP contribution in [0.15, 0.2) is 24.3 Å². The molecule has 0 saturated carbocycles. The number of benzene rings is 1. The smallest absolute Gasteiger partial charge is 0.124 e. The van der Waals surface area contributed by atoms with Crippen molar-refractivity contribution in [2.24, 2.45) is 5.73 Å². The molecule has 2 N–H and O–H groups in total. The molecular weight excluding hydrogens is 152 g/mol. The van der Waals surface area contributed by atoms with Gasteiger partial charge in [0.2, 0.25) is 0 Å². The van der Waals surface area contributed by atoms with Crippen LogP contribution in [0.4, 0.5) is 0 Å².